The van der Waals surface area contributed by atoms with Crippen LogP contribution in [-0.2, 0) is 6.54 Å². The number of hydrogen-bond donors (Lipinski definition) is 3. The molecule has 0 saturated carbocycles. The molecule has 0 spiro atoms. The Balaban J connectivity index is 1.62. The number of rotatable bonds is 4. The first-order valence-corrected chi connectivity index (χ1v) is 8.30. The number of anilines is 2. The average molecular weight is 347 g/mol. The fourth-order valence-electron chi connectivity index (χ4n) is 3.03. The number of H-pyrrole nitrogens is 1. The molecule has 2 aromatic heterocycles. The molecule has 0 saturated heterocycles. The molecule has 0 atom stereocenters. The van der Waals surface area contributed by atoms with Gasteiger partial charge >= 0.3 is 0 Å². The van der Waals surface area contributed by atoms with Gasteiger partial charge in [-0.3, -0.25) is 0 Å². The van der Waals surface area contributed by atoms with Crippen LogP contribution in [0.25, 0.3) is 22.2 Å². The molecular formula is C20H18FN5. The lowest BCUT2D eigenvalue weighted by Gasteiger charge is -2.05. The summed E-state index contributed by atoms with van der Waals surface area (Å²) in [7, 11) is 0. The summed E-state index contributed by atoms with van der Waals surface area (Å²) in [6.07, 6.45) is 1.62. The number of halogens is 1. The minimum atomic E-state index is -0.236. The van der Waals surface area contributed by atoms with Gasteiger partial charge in [0.2, 0.25) is 5.95 Å². The van der Waals surface area contributed by atoms with Crippen LogP contribution in [0.1, 0.15) is 11.1 Å². The van der Waals surface area contributed by atoms with Crippen LogP contribution in [0.5, 0.6) is 0 Å². The third-order valence-corrected chi connectivity index (χ3v) is 4.38. The van der Waals surface area contributed by atoms with Crippen molar-refractivity contribution in [1.29, 1.82) is 0 Å². The van der Waals surface area contributed by atoms with Gasteiger partial charge in [0.15, 0.2) is 0 Å². The van der Waals surface area contributed by atoms with Gasteiger partial charge in [0, 0.05) is 29.3 Å². The van der Waals surface area contributed by atoms with Gasteiger partial charge in [0.25, 0.3) is 0 Å². The molecule has 130 valence electrons. The van der Waals surface area contributed by atoms with Crippen molar-refractivity contribution >= 4 is 22.7 Å². The van der Waals surface area contributed by atoms with Gasteiger partial charge in [0.05, 0.1) is 0 Å². The Morgan fingerprint density at radius 3 is 2.69 bits per heavy atom. The molecule has 5 nitrogen and oxygen atoms in total. The predicted octanol–water partition coefficient (Wildman–Crippen LogP) is 4.27. The first-order chi connectivity index (χ1) is 12.6. The highest BCUT2D eigenvalue weighted by Crippen LogP contribution is 2.30. The summed E-state index contributed by atoms with van der Waals surface area (Å²) in [5, 5.41) is 4.31. The van der Waals surface area contributed by atoms with E-state index in [2.05, 4.69) is 33.3 Å². The Morgan fingerprint density at radius 1 is 1.12 bits per heavy atom. The highest BCUT2D eigenvalue weighted by molar-refractivity contribution is 5.91. The summed E-state index contributed by atoms with van der Waals surface area (Å²) in [6.45, 7) is 2.66. The Morgan fingerprint density at radius 2 is 1.92 bits per heavy atom. The molecule has 0 unspecified atom stereocenters. The van der Waals surface area contributed by atoms with Gasteiger partial charge in [-0.05, 0) is 66.1 Å². The van der Waals surface area contributed by atoms with Gasteiger partial charge in [-0.1, -0.05) is 6.07 Å². The second-order valence-corrected chi connectivity index (χ2v) is 6.17. The summed E-state index contributed by atoms with van der Waals surface area (Å²) in [6, 6.07) is 14.4. The maximum Gasteiger partial charge on any atom is 0.224 e. The summed E-state index contributed by atoms with van der Waals surface area (Å²) >= 11 is 0. The van der Waals surface area contributed by atoms with Gasteiger partial charge in [0.1, 0.15) is 11.6 Å². The number of hydrogen-bond acceptors (Lipinski definition) is 4. The molecule has 0 radical (unpaired) electrons. The molecule has 0 aliphatic heterocycles. The quantitative estimate of drug-likeness (QED) is 0.515. The summed E-state index contributed by atoms with van der Waals surface area (Å²) in [5.41, 5.74) is 10.9. The van der Waals surface area contributed by atoms with Crippen LogP contribution in [0.3, 0.4) is 0 Å². The van der Waals surface area contributed by atoms with E-state index in [4.69, 9.17) is 5.73 Å². The van der Waals surface area contributed by atoms with Crippen LogP contribution in [0.2, 0.25) is 0 Å². The predicted molar refractivity (Wildman–Crippen MR) is 102 cm³/mol. The Hall–Kier alpha value is -3.41. The number of nitrogen functional groups attached to an aromatic ring is 1. The Kier molecular flexibility index (Phi) is 4.01. The normalized spacial score (nSPS) is 11.0. The zero-order valence-electron chi connectivity index (χ0n) is 14.3. The molecule has 4 aromatic rings. The van der Waals surface area contributed by atoms with Gasteiger partial charge in [-0.2, -0.15) is 4.98 Å². The van der Waals surface area contributed by atoms with E-state index in [-0.39, 0.29) is 5.82 Å². The summed E-state index contributed by atoms with van der Waals surface area (Å²) < 4.78 is 13.2. The lowest BCUT2D eigenvalue weighted by molar-refractivity contribution is 0.628. The molecule has 2 aromatic carbocycles. The standard InChI is InChI=1S/C20H18FN5/c1-12-16-10-13(11-24-20-23-9-8-18(22)26-20)2-7-17(16)25-19(12)14-3-5-15(21)6-4-14/h2-10,25H,11H2,1H3,(H3,22,23,24,26). The molecule has 0 bridgehead atoms. The van der Waals surface area contributed by atoms with E-state index in [0.717, 1.165) is 33.3 Å². The van der Waals surface area contributed by atoms with Crippen molar-refractivity contribution in [1.82, 2.24) is 15.0 Å². The van der Waals surface area contributed by atoms with E-state index in [9.17, 15) is 4.39 Å². The van der Waals surface area contributed by atoms with Crippen molar-refractivity contribution < 1.29 is 4.39 Å². The minimum Gasteiger partial charge on any atom is -0.384 e. The van der Waals surface area contributed by atoms with Crippen molar-refractivity contribution in [3.63, 3.8) is 0 Å². The number of benzene rings is 2. The fraction of sp³-hybridized carbons (Fsp3) is 0.100. The molecule has 4 N–H and O–H groups in total. The molecular weight excluding hydrogens is 329 g/mol. The van der Waals surface area contributed by atoms with Gasteiger partial charge in [-0.15, -0.1) is 0 Å². The number of nitrogens with one attached hydrogen (secondary N) is 2. The van der Waals surface area contributed by atoms with Crippen LogP contribution < -0.4 is 11.1 Å². The second kappa shape index (κ2) is 6.48. The van der Waals surface area contributed by atoms with E-state index in [0.29, 0.717) is 18.3 Å². The number of aromatic amines is 1. The lowest BCUT2D eigenvalue weighted by Crippen LogP contribution is -2.04. The third-order valence-electron chi connectivity index (χ3n) is 4.38. The summed E-state index contributed by atoms with van der Waals surface area (Å²) in [5.74, 6) is 0.700. The number of aromatic nitrogens is 3. The monoisotopic (exact) mass is 347 g/mol. The van der Waals surface area contributed by atoms with Gasteiger partial charge in [-0.25, -0.2) is 9.37 Å². The molecule has 0 fully saturated rings. The van der Waals surface area contributed by atoms with E-state index in [1.165, 1.54) is 12.1 Å². The summed E-state index contributed by atoms with van der Waals surface area (Å²) in [4.78, 5) is 11.7. The van der Waals surface area contributed by atoms with Crippen LogP contribution in [0.15, 0.2) is 54.7 Å². The number of nitrogens with zero attached hydrogens (tertiary/aromatic N) is 2. The molecule has 26 heavy (non-hydrogen) atoms. The van der Waals surface area contributed by atoms with Crippen LogP contribution in [0, 0.1) is 12.7 Å². The maximum atomic E-state index is 13.2. The molecule has 4 rings (SSSR count). The zero-order valence-corrected chi connectivity index (χ0v) is 14.3. The van der Waals surface area contributed by atoms with Crippen molar-refractivity contribution in [2.24, 2.45) is 0 Å². The van der Waals surface area contributed by atoms with Crippen LogP contribution >= 0.6 is 0 Å². The molecule has 0 aliphatic carbocycles. The maximum absolute atomic E-state index is 13.2. The minimum absolute atomic E-state index is 0.236. The van der Waals surface area contributed by atoms with Crippen molar-refractivity contribution in [3.05, 3.63) is 71.7 Å². The third kappa shape index (κ3) is 3.09. The van der Waals surface area contributed by atoms with E-state index in [1.54, 1.807) is 24.4 Å². The van der Waals surface area contributed by atoms with Crippen LogP contribution in [-0.4, -0.2) is 15.0 Å². The van der Waals surface area contributed by atoms with Crippen molar-refractivity contribution in [2.45, 2.75) is 13.5 Å². The largest absolute Gasteiger partial charge is 0.384 e. The number of nitrogens with two attached hydrogens (primary N) is 1. The first-order valence-electron chi connectivity index (χ1n) is 8.30. The van der Waals surface area contributed by atoms with E-state index < -0.39 is 0 Å². The molecule has 6 heteroatoms. The average Bonchev–Trinajstić information content (AvgIpc) is 2.97. The second-order valence-electron chi connectivity index (χ2n) is 6.17. The van der Waals surface area contributed by atoms with Gasteiger partial charge < -0.3 is 16.0 Å². The van der Waals surface area contributed by atoms with Crippen molar-refractivity contribution in [2.75, 3.05) is 11.1 Å². The highest BCUT2D eigenvalue weighted by atomic mass is 19.1. The zero-order chi connectivity index (χ0) is 18.1. The fourth-order valence-corrected chi connectivity index (χ4v) is 3.03. The molecule has 2 heterocycles. The molecule has 0 amide bonds. The van der Waals surface area contributed by atoms with E-state index >= 15 is 0 Å². The Bertz CT molecular complexity index is 1070. The smallest absolute Gasteiger partial charge is 0.224 e. The highest BCUT2D eigenvalue weighted by Gasteiger charge is 2.10. The number of fused-ring (bicyclic) bond motifs is 1. The lowest BCUT2D eigenvalue weighted by atomic mass is 10.1. The molecule has 0 aliphatic rings. The topological polar surface area (TPSA) is 79.6 Å². The SMILES string of the molecule is Cc1c(-c2ccc(F)cc2)[nH]c2ccc(CNc3nccc(N)n3)cc12. The van der Waals surface area contributed by atoms with Crippen LogP contribution in [0.4, 0.5) is 16.2 Å². The Labute approximate surface area is 150 Å². The number of aryl methyl sites for hydroxylation is 1. The van der Waals surface area contributed by atoms with Crippen molar-refractivity contribution in [3.8, 4) is 11.3 Å². The first kappa shape index (κ1) is 16.1. The van der Waals surface area contributed by atoms with E-state index in [1.807, 2.05) is 12.1 Å².